The molecule has 4 heteroatoms. The molecule has 1 N–H and O–H groups in total. The Labute approximate surface area is 155 Å². The van der Waals surface area contributed by atoms with Crippen molar-refractivity contribution in [2.45, 2.75) is 40.4 Å². The summed E-state index contributed by atoms with van der Waals surface area (Å²) in [5.41, 5.74) is 8.96. The van der Waals surface area contributed by atoms with E-state index in [1.54, 1.807) is 18.9 Å². The first-order chi connectivity index (χ1) is 11.8. The topological polar surface area (TPSA) is 38.3 Å². The summed E-state index contributed by atoms with van der Waals surface area (Å²) in [7, 11) is 1.63. The van der Waals surface area contributed by atoms with Crippen LogP contribution in [0.1, 0.15) is 33.4 Å². The Bertz CT molecular complexity index is 737. The molecule has 2 aromatic rings. The molecule has 0 unspecified atom stereocenters. The van der Waals surface area contributed by atoms with Gasteiger partial charge in [0.25, 0.3) is 0 Å². The molecular formula is C21H27NO2S. The maximum atomic E-state index is 12.2. The van der Waals surface area contributed by atoms with Gasteiger partial charge in [-0.3, -0.25) is 4.79 Å². The lowest BCUT2D eigenvalue weighted by Gasteiger charge is -2.18. The fourth-order valence-electron chi connectivity index (χ4n) is 2.91. The zero-order valence-corrected chi connectivity index (χ0v) is 16.8. The summed E-state index contributed by atoms with van der Waals surface area (Å²) in [4.78, 5) is 12.2. The van der Waals surface area contributed by atoms with Crippen molar-refractivity contribution in [1.29, 1.82) is 0 Å². The summed E-state index contributed by atoms with van der Waals surface area (Å²) in [6, 6.07) is 7.38. The molecule has 0 aliphatic rings. The van der Waals surface area contributed by atoms with E-state index < -0.39 is 0 Å². The molecule has 0 spiro atoms. The van der Waals surface area contributed by atoms with Crippen molar-refractivity contribution in [3.05, 3.63) is 57.6 Å². The van der Waals surface area contributed by atoms with E-state index in [-0.39, 0.29) is 5.91 Å². The maximum Gasteiger partial charge on any atom is 0.234 e. The Morgan fingerprint density at radius 2 is 1.44 bits per heavy atom. The monoisotopic (exact) mass is 357 g/mol. The predicted octanol–water partition coefficient (Wildman–Crippen LogP) is 5.11. The number of methoxy groups -OCH3 is 1. The Morgan fingerprint density at radius 3 is 1.96 bits per heavy atom. The van der Waals surface area contributed by atoms with Crippen LogP contribution in [0.2, 0.25) is 0 Å². The van der Waals surface area contributed by atoms with Crippen LogP contribution in [0.5, 0.6) is 5.75 Å². The van der Waals surface area contributed by atoms with E-state index in [1.807, 2.05) is 24.3 Å². The van der Waals surface area contributed by atoms with Crippen molar-refractivity contribution in [3.8, 4) is 5.75 Å². The van der Waals surface area contributed by atoms with Gasteiger partial charge >= 0.3 is 0 Å². The Balaban J connectivity index is 1.95. The highest BCUT2D eigenvalue weighted by molar-refractivity contribution is 7.99. The summed E-state index contributed by atoms with van der Waals surface area (Å²) in [6.45, 7) is 10.9. The number of nitrogens with one attached hydrogen (secondary N) is 1. The molecule has 0 bridgehead atoms. The highest BCUT2D eigenvalue weighted by atomic mass is 32.2. The largest absolute Gasteiger partial charge is 0.497 e. The fraction of sp³-hybridized carbons (Fsp3) is 0.381. The highest BCUT2D eigenvalue weighted by Crippen LogP contribution is 2.29. The molecule has 0 aliphatic heterocycles. The molecule has 2 aromatic carbocycles. The SMILES string of the molecule is COc1ccc(NC(=O)CSCc2c(C)c(C)c(C)c(C)c2C)cc1. The van der Waals surface area contributed by atoms with Gasteiger partial charge in [-0.05, 0) is 92.3 Å². The van der Waals surface area contributed by atoms with Crippen molar-refractivity contribution in [3.63, 3.8) is 0 Å². The van der Waals surface area contributed by atoms with Gasteiger partial charge in [0.05, 0.1) is 12.9 Å². The first-order valence-electron chi connectivity index (χ1n) is 8.42. The smallest absolute Gasteiger partial charge is 0.234 e. The molecule has 2 rings (SSSR count). The van der Waals surface area contributed by atoms with Gasteiger partial charge in [0.1, 0.15) is 5.75 Å². The van der Waals surface area contributed by atoms with Crippen molar-refractivity contribution >= 4 is 23.4 Å². The number of ether oxygens (including phenoxy) is 1. The minimum absolute atomic E-state index is 0.0195. The lowest BCUT2D eigenvalue weighted by atomic mass is 9.90. The van der Waals surface area contributed by atoms with Crippen molar-refractivity contribution in [2.24, 2.45) is 0 Å². The molecule has 3 nitrogen and oxygen atoms in total. The van der Waals surface area contributed by atoms with E-state index in [0.717, 1.165) is 17.2 Å². The number of thioether (sulfide) groups is 1. The average molecular weight is 358 g/mol. The van der Waals surface area contributed by atoms with Gasteiger partial charge in [-0.2, -0.15) is 0 Å². The summed E-state index contributed by atoms with van der Waals surface area (Å²) < 4.78 is 5.12. The Morgan fingerprint density at radius 1 is 0.920 bits per heavy atom. The normalized spacial score (nSPS) is 10.6. The molecule has 0 atom stereocenters. The van der Waals surface area contributed by atoms with E-state index in [2.05, 4.69) is 39.9 Å². The predicted molar refractivity (Wildman–Crippen MR) is 108 cm³/mol. The summed E-state index contributed by atoms with van der Waals surface area (Å²) >= 11 is 1.66. The van der Waals surface area contributed by atoms with Crippen LogP contribution in [0.15, 0.2) is 24.3 Å². The van der Waals surface area contributed by atoms with Gasteiger partial charge in [-0.1, -0.05) is 0 Å². The molecule has 0 fully saturated rings. The Kier molecular flexibility index (Phi) is 6.54. The number of hydrogen-bond acceptors (Lipinski definition) is 3. The van der Waals surface area contributed by atoms with E-state index >= 15 is 0 Å². The first-order valence-corrected chi connectivity index (χ1v) is 9.58. The average Bonchev–Trinajstić information content (AvgIpc) is 2.62. The molecule has 0 saturated carbocycles. The molecule has 0 heterocycles. The number of rotatable bonds is 6. The lowest BCUT2D eigenvalue weighted by Crippen LogP contribution is -2.14. The molecule has 0 radical (unpaired) electrons. The summed E-state index contributed by atoms with van der Waals surface area (Å²) in [5.74, 6) is 2.10. The number of carbonyl (C=O) groups excluding carboxylic acids is 1. The summed E-state index contributed by atoms with van der Waals surface area (Å²) in [5, 5.41) is 2.93. The fourth-order valence-corrected chi connectivity index (χ4v) is 3.91. The van der Waals surface area contributed by atoms with Gasteiger partial charge in [0, 0.05) is 11.4 Å². The summed E-state index contributed by atoms with van der Waals surface area (Å²) in [6.07, 6.45) is 0. The van der Waals surface area contributed by atoms with Crippen LogP contribution >= 0.6 is 11.8 Å². The molecular weight excluding hydrogens is 330 g/mol. The van der Waals surface area contributed by atoms with Crippen LogP contribution in [0.3, 0.4) is 0 Å². The minimum Gasteiger partial charge on any atom is -0.497 e. The van der Waals surface area contributed by atoms with E-state index in [9.17, 15) is 4.79 Å². The van der Waals surface area contributed by atoms with E-state index in [1.165, 1.54) is 33.4 Å². The second-order valence-electron chi connectivity index (χ2n) is 6.37. The van der Waals surface area contributed by atoms with Crippen LogP contribution in [0, 0.1) is 34.6 Å². The molecule has 134 valence electrons. The maximum absolute atomic E-state index is 12.2. The standard InChI is InChI=1S/C21H27NO2S/c1-13-14(2)16(4)20(17(5)15(13)3)11-25-12-21(23)22-18-7-9-19(24-6)10-8-18/h7-10H,11-12H2,1-6H3,(H,22,23). The van der Waals surface area contributed by atoms with Crippen LogP contribution in [0.4, 0.5) is 5.69 Å². The molecule has 25 heavy (non-hydrogen) atoms. The third kappa shape index (κ3) is 4.57. The number of benzene rings is 2. The highest BCUT2D eigenvalue weighted by Gasteiger charge is 2.13. The molecule has 1 amide bonds. The second kappa shape index (κ2) is 8.43. The zero-order chi connectivity index (χ0) is 18.6. The van der Waals surface area contributed by atoms with Gasteiger partial charge < -0.3 is 10.1 Å². The van der Waals surface area contributed by atoms with E-state index in [4.69, 9.17) is 4.74 Å². The van der Waals surface area contributed by atoms with Crippen LogP contribution in [0.25, 0.3) is 0 Å². The van der Waals surface area contributed by atoms with Gasteiger partial charge in [-0.25, -0.2) is 0 Å². The first kappa shape index (κ1) is 19.4. The van der Waals surface area contributed by atoms with Gasteiger partial charge in [0.2, 0.25) is 5.91 Å². The van der Waals surface area contributed by atoms with Crippen LogP contribution < -0.4 is 10.1 Å². The minimum atomic E-state index is 0.0195. The quantitative estimate of drug-likeness (QED) is 0.781. The lowest BCUT2D eigenvalue weighted by molar-refractivity contribution is -0.113. The van der Waals surface area contributed by atoms with Gasteiger partial charge in [-0.15, -0.1) is 11.8 Å². The number of anilines is 1. The van der Waals surface area contributed by atoms with Crippen molar-refractivity contribution < 1.29 is 9.53 Å². The van der Waals surface area contributed by atoms with Crippen molar-refractivity contribution in [1.82, 2.24) is 0 Å². The number of carbonyl (C=O) groups is 1. The number of hydrogen-bond donors (Lipinski definition) is 1. The Hall–Kier alpha value is -1.94. The molecule has 0 saturated heterocycles. The zero-order valence-electron chi connectivity index (χ0n) is 15.9. The second-order valence-corrected chi connectivity index (χ2v) is 7.36. The van der Waals surface area contributed by atoms with Gasteiger partial charge in [0.15, 0.2) is 0 Å². The third-order valence-electron chi connectivity index (χ3n) is 5.01. The third-order valence-corrected chi connectivity index (χ3v) is 5.97. The molecule has 0 aliphatic carbocycles. The van der Waals surface area contributed by atoms with E-state index in [0.29, 0.717) is 5.75 Å². The number of amides is 1. The molecule has 0 aromatic heterocycles. The van der Waals surface area contributed by atoms with Crippen molar-refractivity contribution in [2.75, 3.05) is 18.2 Å². The van der Waals surface area contributed by atoms with Crippen LogP contribution in [-0.4, -0.2) is 18.8 Å². The van der Waals surface area contributed by atoms with Crippen LogP contribution in [-0.2, 0) is 10.5 Å².